The molecule has 1 fully saturated rings. The third kappa shape index (κ3) is 2.97. The quantitative estimate of drug-likeness (QED) is 0.379. The Balaban J connectivity index is 1.43. The van der Waals surface area contributed by atoms with Crippen molar-refractivity contribution in [1.82, 2.24) is 24.9 Å². The number of rotatable bonds is 4. The fourth-order valence-corrected chi connectivity index (χ4v) is 3.23. The summed E-state index contributed by atoms with van der Waals surface area (Å²) in [6, 6.07) is 8.08. The number of aromatic amines is 2. The van der Waals surface area contributed by atoms with Gasteiger partial charge in [0.25, 0.3) is 0 Å². The number of hydrogen-bond acceptors (Lipinski definition) is 7. The van der Waals surface area contributed by atoms with Crippen LogP contribution < -0.4 is 10.3 Å². The van der Waals surface area contributed by atoms with Gasteiger partial charge in [-0.15, -0.1) is 0 Å². The van der Waals surface area contributed by atoms with Crippen LogP contribution in [0.15, 0.2) is 41.9 Å². The minimum atomic E-state index is 0.409. The molecule has 0 amide bonds. The molecule has 1 aromatic carbocycles. The number of benzene rings is 1. The topological polar surface area (TPSA) is 107 Å². The number of nitrogens with one attached hydrogen (secondary N) is 3. The van der Waals surface area contributed by atoms with Gasteiger partial charge in [0.05, 0.1) is 25.8 Å². The maximum Gasteiger partial charge on any atom is 0.247 e. The van der Waals surface area contributed by atoms with Crippen LogP contribution in [-0.4, -0.2) is 57.4 Å². The molecular weight excluding hydrogens is 344 g/mol. The van der Waals surface area contributed by atoms with E-state index in [0.29, 0.717) is 24.8 Å². The summed E-state index contributed by atoms with van der Waals surface area (Å²) < 4.78 is 5.43. The van der Waals surface area contributed by atoms with Gasteiger partial charge in [-0.05, 0) is 6.07 Å². The second-order valence-electron chi connectivity index (χ2n) is 6.23. The van der Waals surface area contributed by atoms with Crippen LogP contribution in [0, 0.1) is 0 Å². The summed E-state index contributed by atoms with van der Waals surface area (Å²) in [5.74, 6) is 1.22. The Morgan fingerprint density at radius 1 is 1.15 bits per heavy atom. The molecule has 0 aliphatic carbocycles. The molecule has 1 aliphatic heterocycles. The van der Waals surface area contributed by atoms with Crippen LogP contribution >= 0.6 is 0 Å². The number of anilines is 2. The Labute approximate surface area is 154 Å². The van der Waals surface area contributed by atoms with Gasteiger partial charge in [-0.25, -0.2) is 10.4 Å². The van der Waals surface area contributed by atoms with Gasteiger partial charge in [-0.2, -0.15) is 15.1 Å². The van der Waals surface area contributed by atoms with Crippen molar-refractivity contribution < 1.29 is 4.74 Å². The molecule has 136 valence electrons. The van der Waals surface area contributed by atoms with Crippen molar-refractivity contribution in [2.45, 2.75) is 0 Å². The number of nitrogens with zero attached hydrogens (tertiary/aromatic N) is 5. The highest BCUT2D eigenvalue weighted by molar-refractivity contribution is 5.99. The van der Waals surface area contributed by atoms with Crippen molar-refractivity contribution in [3.63, 3.8) is 0 Å². The van der Waals surface area contributed by atoms with E-state index in [4.69, 9.17) is 4.74 Å². The maximum atomic E-state index is 5.43. The molecule has 9 heteroatoms. The molecule has 0 unspecified atom stereocenters. The number of H-pyrrole nitrogens is 2. The fraction of sp³-hybridized carbons (Fsp3) is 0.222. The van der Waals surface area contributed by atoms with Crippen LogP contribution in [0.25, 0.3) is 22.1 Å². The summed E-state index contributed by atoms with van der Waals surface area (Å²) in [6.45, 7) is 2.93. The minimum absolute atomic E-state index is 0.409. The normalized spacial score (nSPS) is 15.2. The van der Waals surface area contributed by atoms with Crippen LogP contribution in [0.5, 0.6) is 0 Å². The van der Waals surface area contributed by atoms with E-state index in [0.717, 1.165) is 40.9 Å². The molecule has 27 heavy (non-hydrogen) atoms. The lowest BCUT2D eigenvalue weighted by Gasteiger charge is -2.28. The van der Waals surface area contributed by atoms with Crippen molar-refractivity contribution in [3.05, 3.63) is 42.4 Å². The van der Waals surface area contributed by atoms with Gasteiger partial charge in [0.2, 0.25) is 5.95 Å². The van der Waals surface area contributed by atoms with E-state index < -0.39 is 0 Å². The minimum Gasteiger partial charge on any atom is -0.378 e. The molecule has 0 spiro atoms. The van der Waals surface area contributed by atoms with E-state index in [2.05, 4.69) is 46.4 Å². The first-order valence-electron chi connectivity index (χ1n) is 8.77. The summed E-state index contributed by atoms with van der Waals surface area (Å²) in [5.41, 5.74) is 6.43. The SMILES string of the molecule is C(=N\Nc1nc(N2CCOCC2)c2[nH]cnc2n1)/c1c[nH]c2ccccc12. The Bertz CT molecular complexity index is 1110. The summed E-state index contributed by atoms with van der Waals surface area (Å²) in [6.07, 6.45) is 5.31. The molecule has 1 saturated heterocycles. The highest BCUT2D eigenvalue weighted by Crippen LogP contribution is 2.23. The molecule has 0 atom stereocenters. The number of hydrazone groups is 1. The van der Waals surface area contributed by atoms with Crippen molar-refractivity contribution in [3.8, 4) is 0 Å². The maximum absolute atomic E-state index is 5.43. The first-order valence-corrected chi connectivity index (χ1v) is 8.77. The molecule has 0 radical (unpaired) electrons. The Kier molecular flexibility index (Phi) is 3.91. The van der Waals surface area contributed by atoms with Gasteiger partial charge in [-0.1, -0.05) is 18.2 Å². The number of ether oxygens (including phenoxy) is 1. The third-order valence-corrected chi connectivity index (χ3v) is 4.57. The van der Waals surface area contributed by atoms with Crippen molar-refractivity contribution in [1.29, 1.82) is 0 Å². The van der Waals surface area contributed by atoms with Crippen LogP contribution in [0.4, 0.5) is 11.8 Å². The molecule has 1 aliphatic rings. The predicted octanol–water partition coefficient (Wildman–Crippen LogP) is 2.12. The second kappa shape index (κ2) is 6.69. The van der Waals surface area contributed by atoms with Gasteiger partial charge in [0.1, 0.15) is 5.52 Å². The Morgan fingerprint density at radius 2 is 2.04 bits per heavy atom. The molecule has 0 bridgehead atoms. The van der Waals surface area contributed by atoms with Gasteiger partial charge >= 0.3 is 0 Å². The molecule has 4 aromatic rings. The Morgan fingerprint density at radius 3 is 2.96 bits per heavy atom. The van der Waals surface area contributed by atoms with E-state index in [1.807, 2.05) is 24.4 Å². The Hall–Kier alpha value is -3.46. The van der Waals surface area contributed by atoms with Crippen LogP contribution in [0.2, 0.25) is 0 Å². The van der Waals surface area contributed by atoms with Crippen LogP contribution in [0.3, 0.4) is 0 Å². The summed E-state index contributed by atoms with van der Waals surface area (Å²) >= 11 is 0. The molecule has 9 nitrogen and oxygen atoms in total. The van der Waals surface area contributed by atoms with E-state index in [1.165, 1.54) is 0 Å². The summed E-state index contributed by atoms with van der Waals surface area (Å²) in [4.78, 5) is 21.8. The zero-order chi connectivity index (χ0) is 18.1. The summed E-state index contributed by atoms with van der Waals surface area (Å²) in [5, 5.41) is 5.42. The predicted molar refractivity (Wildman–Crippen MR) is 104 cm³/mol. The average Bonchev–Trinajstić information content (AvgIpc) is 3.35. The number of aromatic nitrogens is 5. The van der Waals surface area contributed by atoms with Gasteiger partial charge in [0, 0.05) is 35.8 Å². The highest BCUT2D eigenvalue weighted by atomic mass is 16.5. The molecule has 3 N–H and O–H groups in total. The third-order valence-electron chi connectivity index (χ3n) is 4.57. The molecular formula is C18H18N8O. The monoisotopic (exact) mass is 362 g/mol. The average molecular weight is 362 g/mol. The zero-order valence-corrected chi connectivity index (χ0v) is 14.5. The first-order chi connectivity index (χ1) is 13.4. The van der Waals surface area contributed by atoms with Crippen molar-refractivity contribution in [2.75, 3.05) is 36.6 Å². The van der Waals surface area contributed by atoms with E-state index in [1.54, 1.807) is 12.5 Å². The van der Waals surface area contributed by atoms with E-state index >= 15 is 0 Å². The molecule has 3 aromatic heterocycles. The second-order valence-corrected chi connectivity index (χ2v) is 6.23. The standard InChI is InChI=1S/C18H18N8O/c1-2-4-14-13(3-1)12(9-19-14)10-22-25-18-23-16-15(20-11-21-16)17(24-18)26-5-7-27-8-6-26/h1-4,9-11,19H,5-8H2,(H2,20,21,23,24,25)/b22-10+. The summed E-state index contributed by atoms with van der Waals surface area (Å²) in [7, 11) is 0. The highest BCUT2D eigenvalue weighted by Gasteiger charge is 2.18. The molecule has 4 heterocycles. The van der Waals surface area contributed by atoms with Crippen molar-refractivity contribution >= 4 is 40.0 Å². The first kappa shape index (κ1) is 15.8. The van der Waals surface area contributed by atoms with Gasteiger partial charge < -0.3 is 19.6 Å². The molecule has 0 saturated carbocycles. The number of imidazole rings is 1. The van der Waals surface area contributed by atoms with Crippen molar-refractivity contribution in [2.24, 2.45) is 5.10 Å². The number of hydrogen-bond donors (Lipinski definition) is 3. The molecule has 5 rings (SSSR count). The lowest BCUT2D eigenvalue weighted by atomic mass is 10.2. The number of para-hydroxylation sites is 1. The number of morpholine rings is 1. The van der Waals surface area contributed by atoms with Gasteiger partial charge in [-0.3, -0.25) is 0 Å². The van der Waals surface area contributed by atoms with E-state index in [-0.39, 0.29) is 0 Å². The van der Waals surface area contributed by atoms with Crippen LogP contribution in [-0.2, 0) is 4.74 Å². The van der Waals surface area contributed by atoms with E-state index in [9.17, 15) is 0 Å². The fourth-order valence-electron chi connectivity index (χ4n) is 3.23. The largest absolute Gasteiger partial charge is 0.378 e. The number of fused-ring (bicyclic) bond motifs is 2. The lowest BCUT2D eigenvalue weighted by Crippen LogP contribution is -2.37. The van der Waals surface area contributed by atoms with Crippen LogP contribution in [0.1, 0.15) is 5.56 Å². The zero-order valence-electron chi connectivity index (χ0n) is 14.5. The van der Waals surface area contributed by atoms with Gasteiger partial charge in [0.15, 0.2) is 11.5 Å². The smallest absolute Gasteiger partial charge is 0.247 e. The lowest BCUT2D eigenvalue weighted by molar-refractivity contribution is 0.122.